The molecular formula is C10H19N. The normalized spacial score (nSPS) is 26.2. The molecule has 1 rings (SSSR count). The summed E-state index contributed by atoms with van der Waals surface area (Å²) in [7, 11) is 4.29. The lowest BCUT2D eigenvalue weighted by Gasteiger charge is -2.18. The molecule has 1 aliphatic rings. The first-order valence-electron chi connectivity index (χ1n) is 4.40. The Morgan fingerprint density at radius 2 is 1.91 bits per heavy atom. The lowest BCUT2D eigenvalue weighted by Crippen LogP contribution is -2.24. The topological polar surface area (TPSA) is 3.24 Å². The van der Waals surface area contributed by atoms with Crippen LogP contribution in [0.15, 0.2) is 11.1 Å². The zero-order valence-corrected chi connectivity index (χ0v) is 8.31. The largest absolute Gasteiger partial charge is 0.306 e. The van der Waals surface area contributed by atoms with Gasteiger partial charge in [0, 0.05) is 6.04 Å². The van der Waals surface area contributed by atoms with Crippen LogP contribution in [0.1, 0.15) is 27.2 Å². The Kier molecular flexibility index (Phi) is 2.38. The maximum absolute atomic E-state index is 2.30. The second-order valence-corrected chi connectivity index (χ2v) is 3.95. The van der Waals surface area contributed by atoms with Gasteiger partial charge in [-0.25, -0.2) is 0 Å². The van der Waals surface area contributed by atoms with Gasteiger partial charge in [-0.05, 0) is 40.3 Å². The van der Waals surface area contributed by atoms with E-state index in [4.69, 9.17) is 0 Å². The summed E-state index contributed by atoms with van der Waals surface area (Å²) in [5, 5.41) is 0. The summed E-state index contributed by atoms with van der Waals surface area (Å²) in [5.74, 6) is 0.817. The molecule has 11 heavy (non-hydrogen) atoms. The first-order valence-corrected chi connectivity index (χ1v) is 4.40. The SMILES string of the molecule is CC1=C(CC(C)N(C)C)C1C. The molecule has 0 aromatic carbocycles. The number of hydrogen-bond donors (Lipinski definition) is 0. The van der Waals surface area contributed by atoms with Crippen molar-refractivity contribution in [3.05, 3.63) is 11.1 Å². The molecule has 0 heterocycles. The molecule has 64 valence electrons. The van der Waals surface area contributed by atoms with Gasteiger partial charge < -0.3 is 4.90 Å². The molecule has 1 aliphatic carbocycles. The highest BCUT2D eigenvalue weighted by molar-refractivity contribution is 5.38. The third-order valence-corrected chi connectivity index (χ3v) is 2.99. The van der Waals surface area contributed by atoms with Crippen LogP contribution >= 0.6 is 0 Å². The Morgan fingerprint density at radius 3 is 2.18 bits per heavy atom. The van der Waals surface area contributed by atoms with E-state index in [-0.39, 0.29) is 0 Å². The molecule has 0 amide bonds. The van der Waals surface area contributed by atoms with E-state index in [0.717, 1.165) is 5.92 Å². The van der Waals surface area contributed by atoms with Crippen LogP contribution in [0.4, 0.5) is 0 Å². The quantitative estimate of drug-likeness (QED) is 0.562. The standard InChI is InChI=1S/C10H19N/c1-7(11(4)5)6-10-8(2)9(10)3/h7-8H,6H2,1-5H3. The highest BCUT2D eigenvalue weighted by Gasteiger charge is 2.28. The minimum absolute atomic E-state index is 0.699. The van der Waals surface area contributed by atoms with Gasteiger partial charge in [0.25, 0.3) is 0 Å². The molecule has 0 aromatic heterocycles. The lowest BCUT2D eigenvalue weighted by atomic mass is 10.1. The molecule has 0 saturated heterocycles. The second-order valence-electron chi connectivity index (χ2n) is 3.95. The van der Waals surface area contributed by atoms with Crippen molar-refractivity contribution in [2.45, 2.75) is 33.2 Å². The fraction of sp³-hybridized carbons (Fsp3) is 0.800. The lowest BCUT2D eigenvalue weighted by molar-refractivity contribution is 0.312. The Hall–Kier alpha value is -0.300. The van der Waals surface area contributed by atoms with Crippen molar-refractivity contribution in [1.29, 1.82) is 0 Å². The van der Waals surface area contributed by atoms with Crippen LogP contribution in [-0.4, -0.2) is 25.0 Å². The molecule has 0 saturated carbocycles. The second kappa shape index (κ2) is 2.98. The number of nitrogens with zero attached hydrogens (tertiary/aromatic N) is 1. The first-order chi connectivity index (χ1) is 5.04. The van der Waals surface area contributed by atoms with Gasteiger partial charge in [0.05, 0.1) is 0 Å². The summed E-state index contributed by atoms with van der Waals surface area (Å²) in [6, 6.07) is 0.699. The molecule has 0 radical (unpaired) electrons. The van der Waals surface area contributed by atoms with Gasteiger partial charge in [-0.15, -0.1) is 0 Å². The molecule has 2 atom stereocenters. The van der Waals surface area contributed by atoms with Crippen LogP contribution < -0.4 is 0 Å². The van der Waals surface area contributed by atoms with Crippen molar-refractivity contribution < 1.29 is 0 Å². The Labute approximate surface area is 70.1 Å². The van der Waals surface area contributed by atoms with Crippen molar-refractivity contribution >= 4 is 0 Å². The fourth-order valence-electron chi connectivity index (χ4n) is 1.39. The molecular weight excluding hydrogens is 134 g/mol. The van der Waals surface area contributed by atoms with E-state index in [1.54, 1.807) is 11.1 Å². The Balaban J connectivity index is 2.33. The summed E-state index contributed by atoms with van der Waals surface area (Å²) in [6.45, 7) is 6.83. The Bertz CT molecular complexity index is 179. The van der Waals surface area contributed by atoms with Gasteiger partial charge in [0.15, 0.2) is 0 Å². The highest BCUT2D eigenvalue weighted by atomic mass is 15.1. The number of allylic oxidation sites excluding steroid dienone is 1. The molecule has 1 nitrogen and oxygen atoms in total. The molecule has 2 unspecified atom stereocenters. The summed E-state index contributed by atoms with van der Waals surface area (Å²) in [4.78, 5) is 2.28. The molecule has 0 aromatic rings. The minimum atomic E-state index is 0.699. The van der Waals surface area contributed by atoms with E-state index in [0.29, 0.717) is 6.04 Å². The van der Waals surface area contributed by atoms with Gasteiger partial charge in [-0.2, -0.15) is 0 Å². The third-order valence-electron chi connectivity index (χ3n) is 2.99. The fourth-order valence-corrected chi connectivity index (χ4v) is 1.39. The van der Waals surface area contributed by atoms with Crippen LogP contribution in [0, 0.1) is 5.92 Å². The van der Waals surface area contributed by atoms with Gasteiger partial charge in [0.2, 0.25) is 0 Å². The molecule has 1 heteroatoms. The maximum atomic E-state index is 2.30. The van der Waals surface area contributed by atoms with Crippen LogP contribution in [0.3, 0.4) is 0 Å². The van der Waals surface area contributed by atoms with Crippen molar-refractivity contribution in [2.75, 3.05) is 14.1 Å². The van der Waals surface area contributed by atoms with E-state index < -0.39 is 0 Å². The highest BCUT2D eigenvalue weighted by Crippen LogP contribution is 2.41. The molecule has 0 aliphatic heterocycles. The molecule has 0 fully saturated rings. The monoisotopic (exact) mass is 153 g/mol. The number of rotatable bonds is 3. The van der Waals surface area contributed by atoms with Crippen LogP contribution in [0.5, 0.6) is 0 Å². The van der Waals surface area contributed by atoms with Crippen LogP contribution in [0.25, 0.3) is 0 Å². The van der Waals surface area contributed by atoms with E-state index in [9.17, 15) is 0 Å². The predicted molar refractivity (Wildman–Crippen MR) is 49.6 cm³/mol. The molecule has 0 spiro atoms. The summed E-state index contributed by atoms with van der Waals surface area (Å²) in [5.41, 5.74) is 3.31. The molecule has 0 N–H and O–H groups in total. The van der Waals surface area contributed by atoms with Crippen LogP contribution in [0.2, 0.25) is 0 Å². The maximum Gasteiger partial charge on any atom is 0.00983 e. The molecule has 0 bridgehead atoms. The smallest absolute Gasteiger partial charge is 0.00983 e. The number of hydrogen-bond acceptors (Lipinski definition) is 1. The van der Waals surface area contributed by atoms with Crippen LogP contribution in [-0.2, 0) is 0 Å². The van der Waals surface area contributed by atoms with Gasteiger partial charge in [-0.3, -0.25) is 0 Å². The van der Waals surface area contributed by atoms with E-state index in [1.165, 1.54) is 6.42 Å². The minimum Gasteiger partial charge on any atom is -0.306 e. The van der Waals surface area contributed by atoms with E-state index in [1.807, 2.05) is 0 Å². The van der Waals surface area contributed by atoms with Crippen molar-refractivity contribution in [2.24, 2.45) is 5.92 Å². The predicted octanol–water partition coefficient (Wildman–Crippen LogP) is 2.29. The van der Waals surface area contributed by atoms with Crippen molar-refractivity contribution in [1.82, 2.24) is 4.90 Å². The van der Waals surface area contributed by atoms with E-state index >= 15 is 0 Å². The summed E-state index contributed by atoms with van der Waals surface area (Å²) in [6.07, 6.45) is 1.26. The van der Waals surface area contributed by atoms with Crippen molar-refractivity contribution in [3.8, 4) is 0 Å². The zero-order chi connectivity index (χ0) is 8.59. The first kappa shape index (κ1) is 8.79. The Morgan fingerprint density at radius 1 is 1.45 bits per heavy atom. The van der Waals surface area contributed by atoms with Crippen molar-refractivity contribution in [3.63, 3.8) is 0 Å². The van der Waals surface area contributed by atoms with Gasteiger partial charge in [0.1, 0.15) is 0 Å². The average molecular weight is 153 g/mol. The van der Waals surface area contributed by atoms with Gasteiger partial charge >= 0.3 is 0 Å². The summed E-state index contributed by atoms with van der Waals surface area (Å²) < 4.78 is 0. The average Bonchev–Trinajstić information content (AvgIpc) is 2.45. The summed E-state index contributed by atoms with van der Waals surface area (Å²) >= 11 is 0. The van der Waals surface area contributed by atoms with E-state index in [2.05, 4.69) is 39.8 Å². The third kappa shape index (κ3) is 1.84. The van der Waals surface area contributed by atoms with Gasteiger partial charge in [-0.1, -0.05) is 18.1 Å². The zero-order valence-electron chi connectivity index (χ0n) is 8.31.